The quantitative estimate of drug-likeness (QED) is 0.145. The summed E-state index contributed by atoms with van der Waals surface area (Å²) in [5.74, 6) is 4.13. The van der Waals surface area contributed by atoms with Crippen molar-refractivity contribution in [1.82, 2.24) is 4.98 Å². The summed E-state index contributed by atoms with van der Waals surface area (Å²) in [5.41, 5.74) is 5.89. The Morgan fingerprint density at radius 3 is 2.53 bits per heavy atom. The molecule has 0 radical (unpaired) electrons. The molecular formula is C36H33N2O5+. The third-order valence-corrected chi connectivity index (χ3v) is 8.58. The molecule has 0 spiro atoms. The van der Waals surface area contributed by atoms with Crippen LogP contribution in [0.1, 0.15) is 24.8 Å². The van der Waals surface area contributed by atoms with Gasteiger partial charge in [0.15, 0.2) is 35.7 Å². The fourth-order valence-electron chi connectivity index (χ4n) is 6.43. The highest BCUT2D eigenvalue weighted by Gasteiger charge is 2.28. The van der Waals surface area contributed by atoms with E-state index in [4.69, 9.17) is 23.7 Å². The summed E-state index contributed by atoms with van der Waals surface area (Å²) in [4.78, 5) is 3.49. The first-order chi connectivity index (χ1) is 21.3. The maximum Gasteiger partial charge on any atom is 0.231 e. The molecule has 6 aromatic rings. The highest BCUT2D eigenvalue weighted by molar-refractivity contribution is 6.10. The molecule has 0 saturated carbocycles. The first-order valence-electron chi connectivity index (χ1n) is 15.0. The Morgan fingerprint density at radius 1 is 0.791 bits per heavy atom. The number of ether oxygens (including phenoxy) is 5. The molecule has 4 heterocycles. The first kappa shape index (κ1) is 25.8. The predicted octanol–water partition coefficient (Wildman–Crippen LogP) is 7.35. The molecule has 1 N–H and O–H groups in total. The van der Waals surface area contributed by atoms with Gasteiger partial charge in [-0.15, -0.1) is 0 Å². The summed E-state index contributed by atoms with van der Waals surface area (Å²) in [6, 6.07) is 25.2. The second-order valence-corrected chi connectivity index (χ2v) is 11.2. The highest BCUT2D eigenvalue weighted by Crippen LogP contribution is 2.42. The average Bonchev–Trinajstić information content (AvgIpc) is 3.66. The number of nitrogens with zero attached hydrogens (tertiary/aromatic N) is 1. The van der Waals surface area contributed by atoms with Crippen molar-refractivity contribution < 1.29 is 28.3 Å². The standard InChI is InChI=1S/C36H33N2O5/c1-39-32-13-12-23-18-30-26-20-34-33(42-22-43-34)19-24(26)14-15-38(30)21-27(23)36(32)41-17-6-2-5-16-40-31-11-7-10-29-35(31)25-8-3-4-9-28(25)37-29/h3-4,7-13,18-21,37H,2,5-6,14-17,22H2,1H3/q+1. The van der Waals surface area contributed by atoms with E-state index in [2.05, 4.69) is 76.4 Å². The van der Waals surface area contributed by atoms with Crippen molar-refractivity contribution in [3.05, 3.63) is 84.6 Å². The van der Waals surface area contributed by atoms with E-state index in [1.54, 1.807) is 7.11 Å². The van der Waals surface area contributed by atoms with E-state index in [0.29, 0.717) is 13.2 Å². The number of hydrogen-bond donors (Lipinski definition) is 1. The van der Waals surface area contributed by atoms with Gasteiger partial charge in [-0.05, 0) is 72.7 Å². The molecule has 8 rings (SSSR count). The minimum absolute atomic E-state index is 0.283. The number of aryl methyl sites for hydroxylation is 2. The Morgan fingerprint density at radius 2 is 1.63 bits per heavy atom. The SMILES string of the molecule is COc1ccc2cc3[n+](cc2c1OCCCCCOc1cccc2[nH]c4ccccc4c12)CCc1cc2c(cc1-3)OCO2. The van der Waals surface area contributed by atoms with E-state index in [1.165, 1.54) is 22.2 Å². The molecule has 43 heavy (non-hydrogen) atoms. The summed E-state index contributed by atoms with van der Waals surface area (Å²) in [6.45, 7) is 2.45. The minimum Gasteiger partial charge on any atom is -0.493 e. The largest absolute Gasteiger partial charge is 0.493 e. The zero-order chi connectivity index (χ0) is 28.8. The number of pyridine rings is 1. The summed E-state index contributed by atoms with van der Waals surface area (Å²) >= 11 is 0. The van der Waals surface area contributed by atoms with Crippen LogP contribution in [0.3, 0.4) is 0 Å². The second kappa shape index (κ2) is 10.7. The molecule has 0 aliphatic carbocycles. The van der Waals surface area contributed by atoms with Gasteiger partial charge in [0.25, 0.3) is 0 Å². The molecular weight excluding hydrogens is 540 g/mol. The first-order valence-corrected chi connectivity index (χ1v) is 15.0. The van der Waals surface area contributed by atoms with Crippen LogP contribution < -0.4 is 28.3 Å². The van der Waals surface area contributed by atoms with Crippen LogP contribution in [0.5, 0.6) is 28.7 Å². The van der Waals surface area contributed by atoms with Gasteiger partial charge in [0.2, 0.25) is 12.5 Å². The predicted molar refractivity (Wildman–Crippen MR) is 167 cm³/mol. The average molecular weight is 574 g/mol. The van der Waals surface area contributed by atoms with Crippen molar-refractivity contribution >= 4 is 32.6 Å². The van der Waals surface area contributed by atoms with Gasteiger partial charge in [-0.2, -0.15) is 4.57 Å². The van der Waals surface area contributed by atoms with Crippen LogP contribution in [0.15, 0.2) is 79.0 Å². The number of fused-ring (bicyclic) bond motifs is 8. The van der Waals surface area contributed by atoms with Gasteiger partial charge in [-0.25, -0.2) is 0 Å². The van der Waals surface area contributed by atoms with Crippen LogP contribution in [0.2, 0.25) is 0 Å². The number of methoxy groups -OCH3 is 1. The van der Waals surface area contributed by atoms with Crippen LogP contribution in [-0.2, 0) is 13.0 Å². The summed E-state index contributed by atoms with van der Waals surface area (Å²) in [7, 11) is 1.70. The second-order valence-electron chi connectivity index (χ2n) is 11.2. The lowest BCUT2D eigenvalue weighted by Crippen LogP contribution is -2.40. The lowest BCUT2D eigenvalue weighted by molar-refractivity contribution is -0.686. The Bertz CT molecular complexity index is 2000. The summed E-state index contributed by atoms with van der Waals surface area (Å²) in [6.07, 6.45) is 6.03. The summed E-state index contributed by atoms with van der Waals surface area (Å²) < 4.78 is 32.0. The highest BCUT2D eigenvalue weighted by atomic mass is 16.7. The Hall–Kier alpha value is -4.91. The van der Waals surface area contributed by atoms with Crippen molar-refractivity contribution in [2.24, 2.45) is 0 Å². The Labute approximate surface area is 249 Å². The number of H-pyrrole nitrogens is 1. The lowest BCUT2D eigenvalue weighted by atomic mass is 9.95. The Balaban J connectivity index is 0.941. The third kappa shape index (κ3) is 4.56. The van der Waals surface area contributed by atoms with Crippen molar-refractivity contribution in [2.75, 3.05) is 27.1 Å². The normalized spacial score (nSPS) is 13.3. The van der Waals surface area contributed by atoms with Crippen LogP contribution >= 0.6 is 0 Å². The molecule has 0 saturated heterocycles. The number of aromatic nitrogens is 2. The number of benzene rings is 4. The molecule has 2 aliphatic heterocycles. The van der Waals surface area contributed by atoms with E-state index in [1.807, 2.05) is 12.1 Å². The molecule has 0 fully saturated rings. The Kier molecular flexibility index (Phi) is 6.43. The number of aromatic amines is 1. The fraction of sp³-hybridized carbons (Fsp3) is 0.250. The molecule has 0 bridgehead atoms. The van der Waals surface area contributed by atoms with Gasteiger partial charge >= 0.3 is 0 Å². The maximum atomic E-state index is 6.40. The molecule has 2 aromatic heterocycles. The zero-order valence-corrected chi connectivity index (χ0v) is 24.2. The zero-order valence-electron chi connectivity index (χ0n) is 24.2. The van der Waals surface area contributed by atoms with Gasteiger partial charge in [-0.3, -0.25) is 0 Å². The number of nitrogens with one attached hydrogen (secondary N) is 1. The van der Waals surface area contributed by atoms with Crippen molar-refractivity contribution in [3.8, 4) is 40.0 Å². The third-order valence-electron chi connectivity index (χ3n) is 8.58. The van der Waals surface area contributed by atoms with Crippen molar-refractivity contribution in [3.63, 3.8) is 0 Å². The van der Waals surface area contributed by atoms with Crippen molar-refractivity contribution in [1.29, 1.82) is 0 Å². The molecule has 4 aromatic carbocycles. The minimum atomic E-state index is 0.283. The van der Waals surface area contributed by atoms with E-state index < -0.39 is 0 Å². The molecule has 0 atom stereocenters. The molecule has 7 heteroatoms. The van der Waals surface area contributed by atoms with Gasteiger partial charge < -0.3 is 28.7 Å². The molecule has 0 unspecified atom stereocenters. The van der Waals surface area contributed by atoms with E-state index in [9.17, 15) is 0 Å². The fourth-order valence-corrected chi connectivity index (χ4v) is 6.43. The smallest absolute Gasteiger partial charge is 0.231 e. The number of unbranched alkanes of at least 4 members (excludes halogenated alkanes) is 2. The van der Waals surface area contributed by atoms with E-state index in [0.717, 1.165) is 88.2 Å². The van der Waals surface area contributed by atoms with Crippen molar-refractivity contribution in [2.45, 2.75) is 32.2 Å². The molecule has 0 amide bonds. The molecule has 7 nitrogen and oxygen atoms in total. The van der Waals surface area contributed by atoms with Gasteiger partial charge in [0, 0.05) is 28.8 Å². The monoisotopic (exact) mass is 573 g/mol. The maximum absolute atomic E-state index is 6.40. The van der Waals surface area contributed by atoms with Crippen LogP contribution in [0, 0.1) is 0 Å². The lowest BCUT2D eigenvalue weighted by Gasteiger charge is -2.18. The van der Waals surface area contributed by atoms with E-state index in [-0.39, 0.29) is 6.79 Å². The molecule has 2 aliphatic rings. The summed E-state index contributed by atoms with van der Waals surface area (Å²) in [5, 5.41) is 4.52. The number of hydrogen-bond acceptors (Lipinski definition) is 5. The topological polar surface area (TPSA) is 65.8 Å². The van der Waals surface area contributed by atoms with Crippen LogP contribution in [-0.4, -0.2) is 32.1 Å². The van der Waals surface area contributed by atoms with E-state index >= 15 is 0 Å². The van der Waals surface area contributed by atoms with Crippen LogP contribution in [0.4, 0.5) is 0 Å². The molecule has 216 valence electrons. The van der Waals surface area contributed by atoms with Gasteiger partial charge in [-0.1, -0.05) is 24.3 Å². The van der Waals surface area contributed by atoms with Gasteiger partial charge in [0.1, 0.15) is 5.75 Å². The number of rotatable bonds is 9. The van der Waals surface area contributed by atoms with Gasteiger partial charge in [0.05, 0.1) is 36.8 Å². The van der Waals surface area contributed by atoms with Crippen LogP contribution in [0.25, 0.3) is 43.8 Å². The number of para-hydroxylation sites is 1.